The van der Waals surface area contributed by atoms with E-state index in [1.54, 1.807) is 24.8 Å². The van der Waals surface area contributed by atoms with Crippen LogP contribution in [0.2, 0.25) is 0 Å². The molecule has 6 nitrogen and oxygen atoms in total. The number of piperidine rings is 1. The molecule has 19 rings (SSSR count). The molecule has 0 spiro atoms. The Hall–Kier alpha value is -13.7. The molecule has 4 aromatic heterocycles. The first-order valence-corrected chi connectivity index (χ1v) is 42.1. The van der Waals surface area contributed by atoms with Gasteiger partial charge >= 0.3 is 0 Å². The molecule has 14 aromatic carbocycles. The molecule has 1 aliphatic heterocycles. The third kappa shape index (κ3) is 18.0. The van der Waals surface area contributed by atoms with Crippen molar-refractivity contribution in [3.05, 3.63) is 396 Å². The van der Waals surface area contributed by atoms with Gasteiger partial charge in [-0.2, -0.15) is 0 Å². The minimum Gasteiger partial charge on any atom is -0.378 e. The Bertz CT molecular complexity index is 7430. The zero-order chi connectivity index (χ0) is 94.8. The number of pyridine rings is 4. The number of fused-ring (bicyclic) bond motifs is 4. The number of benzene rings is 14. The van der Waals surface area contributed by atoms with Crippen LogP contribution in [-0.4, -0.2) is 27.2 Å². The van der Waals surface area contributed by atoms with Crippen molar-refractivity contribution in [3.63, 3.8) is 0 Å². The number of aromatic nitrogens is 4. The molecule has 0 radical (unpaired) electrons. The third-order valence-corrected chi connectivity index (χ3v) is 24.1. The fraction of sp³-hybridized carbons (Fsp3) is 0.172. The van der Waals surface area contributed by atoms with Gasteiger partial charge in [-0.25, -0.2) is 18.3 Å². The van der Waals surface area contributed by atoms with E-state index in [4.69, 9.17) is 16.4 Å². The lowest BCUT2D eigenvalue weighted by Gasteiger charge is -2.29. The Balaban J connectivity index is 0.000000130. The number of hydrogen-bond donors (Lipinski definition) is 0. The summed E-state index contributed by atoms with van der Waals surface area (Å²) in [6.07, 6.45) is 10.9. The SMILES string of the molecule is [2H]C([2H])([2H])c1c[n+](C)c(-c2ccccc2C)cc1-c1ccc2cc(-c3ccc(C)cc3)ccc2c1.[2H]C([2H])([2H])c1c[n+](C)c(-c2ccccc2C)cc1-c1ccc2cc(-c3ccccc3)ccc2c1.[2H]C([2H])([2H])c1c[n+](C)c(-c2ccccc2C)cc1-c1ccc2cc(N(C)C)ccc2c1.[2H]C([2H])([2H])c1c[n+](C)c(-c2ccccc2C)cc1-c1ccc2cc(N3CCCCC3)ccc2c1. The van der Waals surface area contributed by atoms with Gasteiger partial charge in [0, 0.05) is 124 Å². The van der Waals surface area contributed by atoms with E-state index in [0.717, 1.165) is 174 Å². The molecule has 0 bridgehead atoms. The molecule has 1 aliphatic rings. The summed E-state index contributed by atoms with van der Waals surface area (Å²) in [6, 6.07) is 110. The van der Waals surface area contributed by atoms with Crippen LogP contribution in [0.4, 0.5) is 11.4 Å². The number of hydrogen-bond acceptors (Lipinski definition) is 2. The van der Waals surface area contributed by atoms with Crippen LogP contribution in [0.3, 0.4) is 0 Å². The summed E-state index contributed by atoms with van der Waals surface area (Å²) in [6.45, 7) is 3.79. The van der Waals surface area contributed by atoms with Crippen molar-refractivity contribution in [3.8, 4) is 112 Å². The van der Waals surface area contributed by atoms with E-state index < -0.39 is 27.4 Å². The average Bonchev–Trinajstić information content (AvgIpc) is 0.765. The van der Waals surface area contributed by atoms with Crippen molar-refractivity contribution < 1.29 is 34.7 Å². The summed E-state index contributed by atoms with van der Waals surface area (Å²) >= 11 is 0. The molecule has 122 heavy (non-hydrogen) atoms. The van der Waals surface area contributed by atoms with E-state index in [-0.39, 0.29) is 0 Å². The van der Waals surface area contributed by atoms with Gasteiger partial charge in [0.15, 0.2) is 24.8 Å². The molecule has 6 heteroatoms. The van der Waals surface area contributed by atoms with Crippen LogP contribution in [0.5, 0.6) is 0 Å². The van der Waals surface area contributed by atoms with E-state index in [9.17, 15) is 0 Å². The molecule has 0 aliphatic carbocycles. The molecule has 5 heterocycles. The molecule has 0 N–H and O–H groups in total. The van der Waals surface area contributed by atoms with Crippen LogP contribution in [0.1, 0.15) is 85.8 Å². The zero-order valence-corrected chi connectivity index (χ0v) is 71.6. The Morgan fingerprint density at radius 3 is 0.861 bits per heavy atom. The highest BCUT2D eigenvalue weighted by molar-refractivity contribution is 5.95. The molecule has 18 aromatic rings. The highest BCUT2D eigenvalue weighted by Gasteiger charge is 2.23. The van der Waals surface area contributed by atoms with E-state index in [1.165, 1.54) is 52.6 Å². The standard InChI is InChI=1S/C31H28N.C30H26N.C29H31N2.C26H27N2/c1-21-9-11-24(12-10-21)25-13-14-27-18-28(16-15-26(27)17-25)30-19-31(32(4)20-23(30)3)29-8-6-5-7-22(29)2;1-21-9-7-8-12-28(21)30-19-29(22(2)20-31(30)3)27-16-15-25-17-24(13-14-26(25)18-27)23-10-5-4-6-11-23;1-21-9-5-6-10-27(21)29-19-28(22(2)20-30(29)3)25-12-11-24-18-26(14-13-23(24)17-25)31-15-7-4-8-16-31;1-18-8-6-7-9-24(18)26-16-25(19(2)17-28(26)5)22-11-10-21-15-23(27(3)4)13-12-20(21)14-22/h5-20H,1-4H3;4-20H,1-3H3;5-6,9-14,17-20H,4,7-8,15-16H2,1-3H3;6-17H,1-5H3/q4*+1/i3D3;3*2D3. The first-order valence-electron chi connectivity index (χ1n) is 48.1. The van der Waals surface area contributed by atoms with Crippen molar-refractivity contribution in [2.45, 2.75) is 81.3 Å². The summed E-state index contributed by atoms with van der Waals surface area (Å²) in [5.74, 6) is 0. The minimum atomic E-state index is -2.22. The predicted octanol–water partition coefficient (Wildman–Crippen LogP) is 27.2. The molecule has 1 fully saturated rings. The molecular formula is C116H112N6+4. The molecule has 0 saturated carbocycles. The Morgan fingerprint density at radius 1 is 0.246 bits per heavy atom. The van der Waals surface area contributed by atoms with Crippen LogP contribution < -0.4 is 28.1 Å². The number of nitrogens with zero attached hydrogens (tertiary/aromatic N) is 6. The Morgan fingerprint density at radius 2 is 0.525 bits per heavy atom. The fourth-order valence-electron chi connectivity index (χ4n) is 17.1. The molecule has 602 valence electrons. The van der Waals surface area contributed by atoms with Gasteiger partial charge in [-0.15, -0.1) is 0 Å². The lowest BCUT2D eigenvalue weighted by Crippen LogP contribution is -2.31. The van der Waals surface area contributed by atoms with Crippen LogP contribution in [0.25, 0.3) is 155 Å². The highest BCUT2D eigenvalue weighted by Crippen LogP contribution is 2.39. The number of aryl methyl sites for hydroxylation is 13. The fourth-order valence-corrected chi connectivity index (χ4v) is 17.1. The van der Waals surface area contributed by atoms with Crippen molar-refractivity contribution in [1.29, 1.82) is 0 Å². The lowest BCUT2D eigenvalue weighted by molar-refractivity contribution is -0.660. The average molecular weight is 1600 g/mol. The molecule has 1 saturated heterocycles. The number of anilines is 2. The molecule has 0 unspecified atom stereocenters. The second kappa shape index (κ2) is 36.1. The smallest absolute Gasteiger partial charge is 0.213 e. The quantitative estimate of drug-likeness (QED) is 0.114. The minimum absolute atomic E-state index is 0.354. The maximum absolute atomic E-state index is 8.20. The second-order valence-corrected chi connectivity index (χ2v) is 32.9. The van der Waals surface area contributed by atoms with Crippen LogP contribution in [0, 0.1) is 62.0 Å². The maximum Gasteiger partial charge on any atom is 0.213 e. The summed E-state index contributed by atoms with van der Waals surface area (Å²) in [4.78, 5) is 4.54. The van der Waals surface area contributed by atoms with Crippen molar-refractivity contribution in [1.82, 2.24) is 0 Å². The van der Waals surface area contributed by atoms with Gasteiger partial charge in [0.05, 0.1) is 0 Å². The predicted molar refractivity (Wildman–Crippen MR) is 518 cm³/mol. The highest BCUT2D eigenvalue weighted by atomic mass is 15.1. The van der Waals surface area contributed by atoms with Crippen LogP contribution >= 0.6 is 0 Å². The van der Waals surface area contributed by atoms with E-state index in [2.05, 4.69) is 257 Å². The van der Waals surface area contributed by atoms with Gasteiger partial charge in [0.25, 0.3) is 0 Å². The summed E-state index contributed by atoms with van der Waals surface area (Å²) < 4.78 is 106. The molecule has 0 atom stereocenters. The van der Waals surface area contributed by atoms with Gasteiger partial charge < -0.3 is 9.80 Å². The largest absolute Gasteiger partial charge is 0.378 e. The van der Waals surface area contributed by atoms with E-state index in [0.29, 0.717) is 22.3 Å². The van der Waals surface area contributed by atoms with Crippen molar-refractivity contribution in [2.75, 3.05) is 37.0 Å². The van der Waals surface area contributed by atoms with Crippen molar-refractivity contribution >= 4 is 54.5 Å². The van der Waals surface area contributed by atoms with Gasteiger partial charge in [-0.3, -0.25) is 0 Å². The van der Waals surface area contributed by atoms with Crippen LogP contribution in [0.15, 0.2) is 346 Å². The first kappa shape index (κ1) is 68.1. The van der Waals surface area contributed by atoms with Gasteiger partial charge in [0.1, 0.15) is 28.2 Å². The van der Waals surface area contributed by atoms with Gasteiger partial charge in [0.2, 0.25) is 22.8 Å². The van der Waals surface area contributed by atoms with E-state index >= 15 is 0 Å². The Labute approximate surface area is 739 Å². The maximum atomic E-state index is 8.20. The lowest BCUT2D eigenvalue weighted by atomic mass is 9.94. The molecular weight excluding hydrogens is 1480 g/mol. The normalized spacial score (nSPS) is 13.7. The van der Waals surface area contributed by atoms with Crippen LogP contribution in [-0.2, 0) is 28.2 Å². The Kier molecular flexibility index (Phi) is 20.2. The monoisotopic (exact) mass is 1600 g/mol. The van der Waals surface area contributed by atoms with Gasteiger partial charge in [-0.1, -0.05) is 218 Å². The van der Waals surface area contributed by atoms with Gasteiger partial charge in [-0.05, 0) is 298 Å². The summed E-state index contributed by atoms with van der Waals surface area (Å²) in [5.41, 5.74) is 29.4. The van der Waals surface area contributed by atoms with Crippen molar-refractivity contribution in [2.24, 2.45) is 28.2 Å². The summed E-state index contributed by atoms with van der Waals surface area (Å²) in [7, 11) is 11.7. The molecule has 0 amide bonds. The van der Waals surface area contributed by atoms with E-state index in [1.807, 2.05) is 170 Å². The number of rotatable bonds is 12. The topological polar surface area (TPSA) is 22.0 Å². The second-order valence-electron chi connectivity index (χ2n) is 32.9. The first-order chi connectivity index (χ1) is 64.0. The third-order valence-electron chi connectivity index (χ3n) is 24.1. The zero-order valence-electron chi connectivity index (χ0n) is 83.6. The summed E-state index contributed by atoms with van der Waals surface area (Å²) in [5, 5.41) is 8.95.